The second-order valence-corrected chi connectivity index (χ2v) is 6.36. The van der Waals surface area contributed by atoms with Crippen LogP contribution in [0.15, 0.2) is 60.8 Å². The van der Waals surface area contributed by atoms with Crippen molar-refractivity contribution < 1.29 is 9.53 Å². The monoisotopic (exact) mass is 325 g/mol. The second kappa shape index (κ2) is 5.74. The van der Waals surface area contributed by atoms with Crippen LogP contribution in [0.4, 0.5) is 4.79 Å². The number of allylic oxidation sites excluding steroid dienone is 1. The van der Waals surface area contributed by atoms with Crippen LogP contribution < -0.4 is 0 Å². The molecule has 4 heteroatoms. The van der Waals surface area contributed by atoms with Crippen molar-refractivity contribution in [1.82, 2.24) is 4.90 Å². The van der Waals surface area contributed by atoms with Gasteiger partial charge in [-0.25, -0.2) is 4.79 Å². The minimum Gasteiger partial charge on any atom is -0.444 e. The van der Waals surface area contributed by atoms with Gasteiger partial charge in [0.1, 0.15) is 6.61 Å². The molecule has 4 rings (SSSR count). The molecular weight excluding hydrogens is 310 g/mol. The fourth-order valence-electron chi connectivity index (χ4n) is 3.39. The zero-order valence-electron chi connectivity index (χ0n) is 12.5. The molecule has 0 spiro atoms. The molecule has 0 unspecified atom stereocenters. The Labute approximate surface area is 140 Å². The first kappa shape index (κ1) is 14.3. The number of hydrogen-bond donors (Lipinski definition) is 0. The Morgan fingerprint density at radius 3 is 2.83 bits per heavy atom. The van der Waals surface area contributed by atoms with E-state index in [1.54, 1.807) is 4.90 Å². The molecule has 2 aromatic carbocycles. The van der Waals surface area contributed by atoms with Crippen molar-refractivity contribution in [3.05, 3.63) is 82.5 Å². The molecular formula is C19H16ClNO2. The minimum absolute atomic E-state index is 0.0157. The van der Waals surface area contributed by atoms with Crippen molar-refractivity contribution in [3.63, 3.8) is 0 Å². The molecule has 1 aliphatic heterocycles. The second-order valence-electron chi connectivity index (χ2n) is 5.92. The van der Waals surface area contributed by atoms with Crippen molar-refractivity contribution in [2.45, 2.75) is 25.0 Å². The summed E-state index contributed by atoms with van der Waals surface area (Å²) in [5.41, 5.74) is 3.37. The van der Waals surface area contributed by atoms with Crippen molar-refractivity contribution in [2.75, 3.05) is 0 Å². The van der Waals surface area contributed by atoms with E-state index in [1.165, 1.54) is 5.56 Å². The first-order chi connectivity index (χ1) is 11.2. The summed E-state index contributed by atoms with van der Waals surface area (Å²) in [5, 5.41) is 0.703. The van der Waals surface area contributed by atoms with E-state index < -0.39 is 0 Å². The fraction of sp³-hybridized carbons (Fsp3) is 0.211. The van der Waals surface area contributed by atoms with E-state index in [9.17, 15) is 4.79 Å². The fourth-order valence-corrected chi connectivity index (χ4v) is 3.57. The number of ether oxygens (including phenoxy) is 1. The van der Waals surface area contributed by atoms with E-state index in [4.69, 9.17) is 16.3 Å². The SMILES string of the molecule is O=C(OCc1ccccc1)N1C=C[C@H]2C[C@@H]1c1cc(Cl)ccc12. The maximum absolute atomic E-state index is 12.5. The highest BCUT2D eigenvalue weighted by Crippen LogP contribution is 2.48. The summed E-state index contributed by atoms with van der Waals surface area (Å²) in [6, 6.07) is 15.7. The Morgan fingerprint density at radius 1 is 1.17 bits per heavy atom. The zero-order chi connectivity index (χ0) is 15.8. The van der Waals surface area contributed by atoms with Gasteiger partial charge in [0.15, 0.2) is 0 Å². The number of fused-ring (bicyclic) bond motifs is 5. The average Bonchev–Trinajstić information content (AvgIpc) is 2.86. The quantitative estimate of drug-likeness (QED) is 0.774. The third-order valence-electron chi connectivity index (χ3n) is 4.52. The topological polar surface area (TPSA) is 29.5 Å². The van der Waals surface area contributed by atoms with Crippen LogP contribution in [0.5, 0.6) is 0 Å². The predicted octanol–water partition coefficient (Wildman–Crippen LogP) is 5.03. The summed E-state index contributed by atoms with van der Waals surface area (Å²) in [4.78, 5) is 14.2. The number of amides is 1. The maximum atomic E-state index is 12.5. The summed E-state index contributed by atoms with van der Waals surface area (Å²) in [6.45, 7) is 0.280. The van der Waals surface area contributed by atoms with Crippen LogP contribution in [0.25, 0.3) is 0 Å². The lowest BCUT2D eigenvalue weighted by molar-refractivity contribution is 0.0961. The van der Waals surface area contributed by atoms with Gasteiger partial charge in [0, 0.05) is 17.1 Å². The standard InChI is InChI=1S/C19H16ClNO2/c20-15-6-7-16-14-8-9-21(18(10-14)17(16)11-15)19(22)23-12-13-4-2-1-3-5-13/h1-9,11,14,18H,10,12H2/t14-,18+/m0/s1. The third-order valence-corrected chi connectivity index (χ3v) is 4.75. The van der Waals surface area contributed by atoms with Gasteiger partial charge in [-0.2, -0.15) is 0 Å². The van der Waals surface area contributed by atoms with Crippen LogP contribution in [-0.2, 0) is 11.3 Å². The highest BCUT2D eigenvalue weighted by atomic mass is 35.5. The molecule has 1 heterocycles. The normalized spacial score (nSPS) is 21.2. The van der Waals surface area contributed by atoms with Gasteiger partial charge in [0.25, 0.3) is 0 Å². The van der Waals surface area contributed by atoms with E-state index in [0.29, 0.717) is 10.9 Å². The largest absolute Gasteiger partial charge is 0.444 e. The molecule has 2 aromatic rings. The van der Waals surface area contributed by atoms with Gasteiger partial charge in [0.05, 0.1) is 6.04 Å². The van der Waals surface area contributed by atoms with Crippen LogP contribution >= 0.6 is 11.6 Å². The lowest BCUT2D eigenvalue weighted by atomic mass is 10.0. The van der Waals surface area contributed by atoms with Crippen molar-refractivity contribution in [2.24, 2.45) is 0 Å². The zero-order valence-corrected chi connectivity index (χ0v) is 13.2. The maximum Gasteiger partial charge on any atom is 0.414 e. The molecule has 2 bridgehead atoms. The Hall–Kier alpha value is -2.26. The smallest absolute Gasteiger partial charge is 0.414 e. The third kappa shape index (κ3) is 2.62. The van der Waals surface area contributed by atoms with Gasteiger partial charge in [-0.1, -0.05) is 54.1 Å². The van der Waals surface area contributed by atoms with Crippen LogP contribution in [-0.4, -0.2) is 11.0 Å². The number of halogens is 1. The van der Waals surface area contributed by atoms with Crippen molar-refractivity contribution in [3.8, 4) is 0 Å². The van der Waals surface area contributed by atoms with Gasteiger partial charge >= 0.3 is 6.09 Å². The molecule has 1 amide bonds. The highest BCUT2D eigenvalue weighted by molar-refractivity contribution is 6.30. The Balaban J connectivity index is 1.53. The molecule has 2 atom stereocenters. The number of hydrogen-bond acceptors (Lipinski definition) is 2. The van der Waals surface area contributed by atoms with Gasteiger partial charge in [-0.05, 0) is 35.2 Å². The van der Waals surface area contributed by atoms with Crippen LogP contribution in [0.2, 0.25) is 5.02 Å². The molecule has 0 saturated heterocycles. The molecule has 2 aliphatic rings. The molecule has 3 nitrogen and oxygen atoms in total. The first-order valence-corrected chi connectivity index (χ1v) is 8.07. The van der Waals surface area contributed by atoms with E-state index >= 15 is 0 Å². The molecule has 1 aliphatic carbocycles. The van der Waals surface area contributed by atoms with Gasteiger partial charge in [0.2, 0.25) is 0 Å². The molecule has 116 valence electrons. The lowest BCUT2D eigenvalue weighted by Gasteiger charge is -2.28. The summed E-state index contributed by atoms with van der Waals surface area (Å²) >= 11 is 6.13. The summed E-state index contributed by atoms with van der Waals surface area (Å²) < 4.78 is 5.47. The van der Waals surface area contributed by atoms with E-state index in [1.807, 2.05) is 48.7 Å². The number of nitrogens with zero attached hydrogens (tertiary/aromatic N) is 1. The first-order valence-electron chi connectivity index (χ1n) is 7.69. The van der Waals surface area contributed by atoms with Gasteiger partial charge in [-0.15, -0.1) is 0 Å². The Kier molecular flexibility index (Phi) is 3.58. The van der Waals surface area contributed by atoms with Crippen LogP contribution in [0, 0.1) is 0 Å². The van der Waals surface area contributed by atoms with E-state index in [-0.39, 0.29) is 18.7 Å². The van der Waals surface area contributed by atoms with Gasteiger partial charge in [-0.3, -0.25) is 4.90 Å². The highest BCUT2D eigenvalue weighted by Gasteiger charge is 2.38. The van der Waals surface area contributed by atoms with Crippen molar-refractivity contribution >= 4 is 17.7 Å². The average molecular weight is 326 g/mol. The Morgan fingerprint density at radius 2 is 2.00 bits per heavy atom. The Bertz CT molecular complexity index is 772. The molecule has 0 aromatic heterocycles. The molecule has 0 saturated carbocycles. The minimum atomic E-state index is -0.318. The summed E-state index contributed by atoms with van der Waals surface area (Å²) in [6.07, 6.45) is 4.49. The molecule has 0 N–H and O–H groups in total. The number of carbonyl (C=O) groups is 1. The molecule has 0 radical (unpaired) electrons. The van der Waals surface area contributed by atoms with Crippen LogP contribution in [0.3, 0.4) is 0 Å². The van der Waals surface area contributed by atoms with E-state index in [0.717, 1.165) is 17.5 Å². The van der Waals surface area contributed by atoms with Crippen LogP contribution in [0.1, 0.15) is 35.1 Å². The number of carbonyl (C=O) groups excluding carboxylic acids is 1. The predicted molar refractivity (Wildman–Crippen MR) is 89.2 cm³/mol. The van der Waals surface area contributed by atoms with Gasteiger partial charge < -0.3 is 4.74 Å². The lowest BCUT2D eigenvalue weighted by Crippen LogP contribution is -2.31. The number of benzene rings is 2. The van der Waals surface area contributed by atoms with E-state index in [2.05, 4.69) is 12.1 Å². The number of rotatable bonds is 2. The van der Waals surface area contributed by atoms with Crippen molar-refractivity contribution in [1.29, 1.82) is 0 Å². The molecule has 0 fully saturated rings. The summed E-state index contributed by atoms with van der Waals surface area (Å²) in [7, 11) is 0. The summed E-state index contributed by atoms with van der Waals surface area (Å²) in [5.74, 6) is 0.366. The molecule has 23 heavy (non-hydrogen) atoms.